The normalized spacial score (nSPS) is 13.4. The highest BCUT2D eigenvalue weighted by Gasteiger charge is 2.24. The molecule has 0 saturated heterocycles. The molecular formula is C38H46P2. The van der Waals surface area contributed by atoms with E-state index in [1.54, 1.807) is 0 Å². The molecule has 0 aliphatic rings. The molecule has 0 heterocycles. The molecule has 0 saturated carbocycles. The molecule has 2 atom stereocenters. The van der Waals surface area contributed by atoms with Gasteiger partial charge in [-0.15, -0.1) is 0 Å². The van der Waals surface area contributed by atoms with Crippen molar-refractivity contribution in [1.29, 1.82) is 0 Å². The average Bonchev–Trinajstić information content (AvgIpc) is 2.80. The number of benzene rings is 4. The highest BCUT2D eigenvalue weighted by atomic mass is 31.1. The van der Waals surface area contributed by atoms with Crippen LogP contribution in [0.5, 0.6) is 0 Å². The molecule has 0 aliphatic carbocycles. The van der Waals surface area contributed by atoms with Crippen molar-refractivity contribution in [3.63, 3.8) is 0 Å². The predicted molar refractivity (Wildman–Crippen MR) is 184 cm³/mol. The molecule has 0 amide bonds. The Balaban J connectivity index is 1.77. The van der Waals surface area contributed by atoms with Crippen LogP contribution in [-0.2, 0) is 0 Å². The van der Waals surface area contributed by atoms with E-state index in [1.165, 1.54) is 65.7 Å². The Kier molecular flexibility index (Phi) is 9.88. The maximum Gasteiger partial charge on any atom is 0.00225 e. The monoisotopic (exact) mass is 564 g/mol. The van der Waals surface area contributed by atoms with Crippen molar-refractivity contribution < 1.29 is 0 Å². The first-order chi connectivity index (χ1) is 18.9. The molecule has 0 spiro atoms. The summed E-state index contributed by atoms with van der Waals surface area (Å²) in [5.41, 5.74) is 11.7. The summed E-state index contributed by atoms with van der Waals surface area (Å²) in [5, 5.41) is 5.92. The van der Waals surface area contributed by atoms with Crippen LogP contribution in [0.2, 0.25) is 0 Å². The van der Waals surface area contributed by atoms with Crippen molar-refractivity contribution in [3.8, 4) is 0 Å². The average molecular weight is 565 g/mol. The highest BCUT2D eigenvalue weighted by molar-refractivity contribution is 7.74. The predicted octanol–water partition coefficient (Wildman–Crippen LogP) is 9.05. The summed E-state index contributed by atoms with van der Waals surface area (Å²) in [5.74, 6) is 0. The summed E-state index contributed by atoms with van der Waals surface area (Å²) in [6, 6.07) is 28.5. The van der Waals surface area contributed by atoms with Gasteiger partial charge in [0, 0.05) is 11.3 Å². The second kappa shape index (κ2) is 13.0. The lowest BCUT2D eigenvalue weighted by Gasteiger charge is -2.28. The Hall–Kier alpha value is -2.52. The van der Waals surface area contributed by atoms with Crippen molar-refractivity contribution in [1.82, 2.24) is 0 Å². The lowest BCUT2D eigenvalue weighted by Crippen LogP contribution is -2.22. The minimum atomic E-state index is -0.536. The molecule has 4 rings (SSSR count). The molecule has 0 aliphatic heterocycles. The quantitative estimate of drug-likeness (QED) is 0.148. The molecule has 4 aromatic carbocycles. The van der Waals surface area contributed by atoms with E-state index in [0.29, 0.717) is 11.3 Å². The molecule has 0 radical (unpaired) electrons. The number of hydrogen-bond donors (Lipinski definition) is 0. The Bertz CT molecular complexity index is 1230. The lowest BCUT2D eigenvalue weighted by atomic mass is 10.2. The van der Waals surface area contributed by atoms with Crippen LogP contribution in [0, 0.1) is 55.4 Å². The minimum Gasteiger partial charge on any atom is -0.0801 e. The third-order valence-electron chi connectivity index (χ3n) is 7.42. The van der Waals surface area contributed by atoms with E-state index in [4.69, 9.17) is 0 Å². The second-order valence-corrected chi connectivity index (χ2v) is 17.2. The molecule has 40 heavy (non-hydrogen) atoms. The number of rotatable bonds is 8. The van der Waals surface area contributed by atoms with Gasteiger partial charge in [-0.3, -0.25) is 0 Å². The van der Waals surface area contributed by atoms with E-state index in [1.807, 2.05) is 0 Å². The molecule has 2 heteroatoms. The van der Waals surface area contributed by atoms with Gasteiger partial charge >= 0.3 is 0 Å². The van der Waals surface area contributed by atoms with E-state index >= 15 is 0 Å². The topological polar surface area (TPSA) is 0 Å². The zero-order chi connectivity index (χ0) is 29.1. The maximum absolute atomic E-state index is 2.53. The lowest BCUT2D eigenvalue weighted by molar-refractivity contribution is 1.17. The van der Waals surface area contributed by atoms with Crippen molar-refractivity contribution in [2.24, 2.45) is 0 Å². The number of hydrogen-bond acceptors (Lipinski definition) is 0. The van der Waals surface area contributed by atoms with Crippen molar-refractivity contribution in [2.75, 3.05) is 0 Å². The fraction of sp³-hybridized carbons (Fsp3) is 0.316. The van der Waals surface area contributed by atoms with Crippen LogP contribution in [-0.4, -0.2) is 11.3 Å². The molecule has 0 nitrogen and oxygen atoms in total. The van der Waals surface area contributed by atoms with Gasteiger partial charge in [0.2, 0.25) is 0 Å². The summed E-state index contributed by atoms with van der Waals surface area (Å²) < 4.78 is 0. The van der Waals surface area contributed by atoms with Gasteiger partial charge in [-0.2, -0.15) is 0 Å². The van der Waals surface area contributed by atoms with Crippen LogP contribution in [0.25, 0.3) is 0 Å². The summed E-state index contributed by atoms with van der Waals surface area (Å²) in [7, 11) is -1.07. The van der Waals surface area contributed by atoms with Gasteiger partial charge in [-0.05, 0) is 92.5 Å². The Morgan fingerprint density at radius 2 is 0.525 bits per heavy atom. The van der Waals surface area contributed by atoms with E-state index in [2.05, 4.69) is 154 Å². The molecule has 0 N–H and O–H groups in total. The fourth-order valence-electron chi connectivity index (χ4n) is 6.09. The van der Waals surface area contributed by atoms with Crippen LogP contribution < -0.4 is 21.2 Å². The Labute approximate surface area is 246 Å². The highest BCUT2D eigenvalue weighted by Crippen LogP contribution is 2.44. The molecular weight excluding hydrogens is 518 g/mol. The standard InChI is InChI=1S/C38H46P2/c1-25-13-26(2)18-35(17-25)39(36-19-27(3)14-28(4)20-36)33(9)11-12-34(10)40(37-21-29(5)15-30(6)22-37)38-23-31(7)16-32(8)24-38/h11-24,33-34H,1-10H3/b12-11-/t33-,34-/m1/s1. The van der Waals surface area contributed by atoms with Crippen LogP contribution in [0.3, 0.4) is 0 Å². The summed E-state index contributed by atoms with van der Waals surface area (Å²) in [4.78, 5) is 0. The van der Waals surface area contributed by atoms with Gasteiger partial charge in [0.1, 0.15) is 0 Å². The van der Waals surface area contributed by atoms with Crippen molar-refractivity contribution >= 4 is 37.1 Å². The third-order valence-corrected chi connectivity index (χ3v) is 12.7. The fourth-order valence-corrected chi connectivity index (χ4v) is 11.9. The van der Waals surface area contributed by atoms with Crippen molar-refractivity contribution in [3.05, 3.63) is 129 Å². The van der Waals surface area contributed by atoms with Crippen LogP contribution >= 0.6 is 15.8 Å². The molecule has 4 aromatic rings. The van der Waals surface area contributed by atoms with Crippen LogP contribution in [0.1, 0.15) is 58.4 Å². The smallest absolute Gasteiger partial charge is 0.00225 e. The number of aryl methyl sites for hydroxylation is 8. The van der Waals surface area contributed by atoms with Crippen LogP contribution in [0.15, 0.2) is 84.9 Å². The summed E-state index contributed by atoms with van der Waals surface area (Å²) in [6.45, 7) is 22.7. The van der Waals surface area contributed by atoms with Gasteiger partial charge in [0.05, 0.1) is 0 Å². The first-order valence-corrected chi connectivity index (χ1v) is 17.3. The second-order valence-electron chi connectivity index (χ2n) is 12.0. The zero-order valence-electron chi connectivity index (χ0n) is 26.1. The van der Waals surface area contributed by atoms with E-state index in [9.17, 15) is 0 Å². The van der Waals surface area contributed by atoms with Gasteiger partial charge in [0.15, 0.2) is 0 Å². The largest absolute Gasteiger partial charge is 0.0801 e. The number of allylic oxidation sites excluding steroid dienone is 2. The first kappa shape index (κ1) is 30.4. The van der Waals surface area contributed by atoms with Gasteiger partial charge in [0.25, 0.3) is 0 Å². The van der Waals surface area contributed by atoms with Gasteiger partial charge in [-0.1, -0.05) is 143 Å². The third kappa shape index (κ3) is 7.60. The first-order valence-electron chi connectivity index (χ1n) is 14.5. The summed E-state index contributed by atoms with van der Waals surface area (Å²) >= 11 is 0. The maximum atomic E-state index is 2.53. The molecule has 0 unspecified atom stereocenters. The molecule has 0 aromatic heterocycles. The minimum absolute atomic E-state index is 0.426. The molecule has 0 bridgehead atoms. The van der Waals surface area contributed by atoms with E-state index in [0.717, 1.165) is 0 Å². The molecule has 0 fully saturated rings. The van der Waals surface area contributed by atoms with Crippen molar-refractivity contribution in [2.45, 2.75) is 80.6 Å². The van der Waals surface area contributed by atoms with E-state index in [-0.39, 0.29) is 0 Å². The summed E-state index contributed by atoms with van der Waals surface area (Å²) in [6.07, 6.45) is 5.07. The Morgan fingerprint density at radius 3 is 0.700 bits per heavy atom. The van der Waals surface area contributed by atoms with E-state index < -0.39 is 15.8 Å². The Morgan fingerprint density at radius 1 is 0.350 bits per heavy atom. The van der Waals surface area contributed by atoms with Gasteiger partial charge < -0.3 is 0 Å². The SMILES string of the molecule is Cc1cc(C)cc(P(c2cc(C)cc(C)c2)[C@H](C)/C=C\[C@@H](C)P(c2cc(C)cc(C)c2)c2cc(C)cc(C)c2)c1. The zero-order valence-corrected chi connectivity index (χ0v) is 27.9. The van der Waals surface area contributed by atoms with Gasteiger partial charge in [-0.25, -0.2) is 0 Å². The molecule has 208 valence electrons. The van der Waals surface area contributed by atoms with Crippen LogP contribution in [0.4, 0.5) is 0 Å².